The van der Waals surface area contributed by atoms with Crippen molar-refractivity contribution in [3.63, 3.8) is 0 Å². The zero-order valence-corrected chi connectivity index (χ0v) is 19.6. The summed E-state index contributed by atoms with van der Waals surface area (Å²) in [5.41, 5.74) is 12.6. The molecule has 0 saturated heterocycles. The SMILES string of the molecule is CCc1cc2cccc(Cl)c2c(=O)n1-c1ccccc1.CN.Nc1nn2cccnc2c1C=O. The van der Waals surface area contributed by atoms with Gasteiger partial charge < -0.3 is 11.5 Å². The molecule has 34 heavy (non-hydrogen) atoms. The minimum Gasteiger partial charge on any atom is -0.382 e. The van der Waals surface area contributed by atoms with Gasteiger partial charge in [-0.05, 0) is 49.2 Å². The number of aromatic nitrogens is 4. The highest BCUT2D eigenvalue weighted by Gasteiger charge is 2.12. The van der Waals surface area contributed by atoms with Crippen LogP contribution in [-0.4, -0.2) is 32.5 Å². The molecule has 5 rings (SSSR count). The number of nitrogen functional groups attached to an aromatic ring is 1. The third-order valence-electron chi connectivity index (χ3n) is 5.03. The summed E-state index contributed by atoms with van der Waals surface area (Å²) in [5, 5.41) is 5.86. The van der Waals surface area contributed by atoms with Crippen LogP contribution in [0.4, 0.5) is 5.82 Å². The standard InChI is InChI=1S/C17H14ClNO.C7H6N4O.CH5N/c1-2-13-11-12-7-6-10-15(18)16(12)17(20)19(13)14-8-4-3-5-9-14;8-6-5(4-12)7-9-2-1-3-11(7)10-6;1-2/h3-11H,2H2,1H3;1-4H,(H2,8,10);2H2,1H3. The van der Waals surface area contributed by atoms with Gasteiger partial charge >= 0.3 is 0 Å². The van der Waals surface area contributed by atoms with Crippen LogP contribution in [-0.2, 0) is 6.42 Å². The van der Waals surface area contributed by atoms with Crippen molar-refractivity contribution in [2.75, 3.05) is 12.8 Å². The number of carbonyl (C=O) groups is 1. The van der Waals surface area contributed by atoms with E-state index in [9.17, 15) is 9.59 Å². The first-order valence-corrected chi connectivity index (χ1v) is 10.9. The Kier molecular flexibility index (Phi) is 8.13. The number of fused-ring (bicyclic) bond motifs is 2. The zero-order valence-electron chi connectivity index (χ0n) is 18.9. The summed E-state index contributed by atoms with van der Waals surface area (Å²) in [5.74, 6) is 0.212. The second-order valence-corrected chi connectivity index (χ2v) is 7.38. The highest BCUT2D eigenvalue weighted by Crippen LogP contribution is 2.22. The van der Waals surface area contributed by atoms with E-state index in [1.807, 2.05) is 55.5 Å². The third-order valence-corrected chi connectivity index (χ3v) is 5.34. The zero-order chi connectivity index (χ0) is 24.7. The molecule has 0 atom stereocenters. The number of hydrogen-bond donors (Lipinski definition) is 2. The summed E-state index contributed by atoms with van der Waals surface area (Å²) in [6.07, 6.45) is 4.71. The third kappa shape index (κ3) is 4.83. The smallest absolute Gasteiger partial charge is 0.264 e. The molecule has 3 aromatic heterocycles. The fraction of sp³-hybridized carbons (Fsp3) is 0.120. The summed E-state index contributed by atoms with van der Waals surface area (Å²) >= 11 is 6.20. The number of nitrogens with zero attached hydrogens (tertiary/aromatic N) is 4. The Morgan fingerprint density at radius 3 is 2.47 bits per heavy atom. The molecule has 4 N–H and O–H groups in total. The highest BCUT2D eigenvalue weighted by atomic mass is 35.5. The lowest BCUT2D eigenvalue weighted by molar-refractivity contribution is 0.112. The lowest BCUT2D eigenvalue weighted by Gasteiger charge is -2.14. The maximum absolute atomic E-state index is 12.8. The van der Waals surface area contributed by atoms with Crippen LogP contribution in [0, 0.1) is 0 Å². The van der Waals surface area contributed by atoms with E-state index in [0.29, 0.717) is 27.9 Å². The number of rotatable bonds is 3. The van der Waals surface area contributed by atoms with Crippen LogP contribution < -0.4 is 17.0 Å². The first-order valence-electron chi connectivity index (χ1n) is 10.6. The quantitative estimate of drug-likeness (QED) is 0.381. The van der Waals surface area contributed by atoms with Gasteiger partial charge in [0.1, 0.15) is 5.56 Å². The van der Waals surface area contributed by atoms with Crippen molar-refractivity contribution in [1.29, 1.82) is 0 Å². The van der Waals surface area contributed by atoms with Crippen LogP contribution in [0.25, 0.3) is 22.1 Å². The molecule has 0 bridgehead atoms. The molecule has 0 amide bonds. The molecule has 0 aliphatic heterocycles. The molecule has 0 fully saturated rings. The maximum atomic E-state index is 12.8. The first kappa shape index (κ1) is 24.6. The average Bonchev–Trinajstić information content (AvgIpc) is 3.20. The van der Waals surface area contributed by atoms with Crippen LogP contribution in [0.5, 0.6) is 0 Å². The molecule has 8 nitrogen and oxygen atoms in total. The van der Waals surface area contributed by atoms with Crippen molar-refractivity contribution in [3.8, 4) is 5.69 Å². The number of carbonyl (C=O) groups excluding carboxylic acids is 1. The molecule has 0 saturated carbocycles. The number of pyridine rings is 1. The van der Waals surface area contributed by atoms with Gasteiger partial charge in [0.25, 0.3) is 5.56 Å². The number of anilines is 1. The molecular formula is C25H25ClN6O2. The summed E-state index contributed by atoms with van der Waals surface area (Å²) < 4.78 is 3.22. The van der Waals surface area contributed by atoms with Gasteiger partial charge in [-0.2, -0.15) is 0 Å². The summed E-state index contributed by atoms with van der Waals surface area (Å²) in [7, 11) is 1.50. The largest absolute Gasteiger partial charge is 0.382 e. The van der Waals surface area contributed by atoms with Crippen LogP contribution >= 0.6 is 11.6 Å². The minimum absolute atomic E-state index is 0.0591. The van der Waals surface area contributed by atoms with Gasteiger partial charge in [-0.3, -0.25) is 14.2 Å². The Morgan fingerprint density at radius 2 is 1.79 bits per heavy atom. The Balaban J connectivity index is 0.000000197. The molecule has 0 unspecified atom stereocenters. The molecule has 0 aliphatic carbocycles. The maximum Gasteiger partial charge on any atom is 0.264 e. The number of para-hydroxylation sites is 1. The van der Waals surface area contributed by atoms with Crippen molar-refractivity contribution in [2.45, 2.75) is 13.3 Å². The van der Waals surface area contributed by atoms with Gasteiger partial charge in [0.2, 0.25) is 0 Å². The van der Waals surface area contributed by atoms with Crippen LogP contribution in [0.2, 0.25) is 5.02 Å². The van der Waals surface area contributed by atoms with Gasteiger partial charge in [-0.25, -0.2) is 9.50 Å². The van der Waals surface area contributed by atoms with Crippen molar-refractivity contribution >= 4 is 40.1 Å². The number of aryl methyl sites for hydroxylation is 1. The lowest BCUT2D eigenvalue weighted by atomic mass is 10.1. The second kappa shape index (κ2) is 11.2. The summed E-state index contributed by atoms with van der Waals surface area (Å²) in [4.78, 5) is 27.3. The Labute approximate surface area is 201 Å². The van der Waals surface area contributed by atoms with E-state index < -0.39 is 0 Å². The molecule has 0 spiro atoms. The van der Waals surface area contributed by atoms with Crippen LogP contribution in [0.1, 0.15) is 23.0 Å². The average molecular weight is 477 g/mol. The lowest BCUT2D eigenvalue weighted by Crippen LogP contribution is -2.22. The number of nitrogens with two attached hydrogens (primary N) is 2. The monoisotopic (exact) mass is 476 g/mol. The minimum atomic E-state index is -0.0591. The second-order valence-electron chi connectivity index (χ2n) is 6.97. The topological polar surface area (TPSA) is 121 Å². The van der Waals surface area contributed by atoms with E-state index in [4.69, 9.17) is 17.3 Å². The predicted octanol–water partition coefficient (Wildman–Crippen LogP) is 3.91. The normalized spacial score (nSPS) is 10.2. The molecule has 174 valence electrons. The molecular weight excluding hydrogens is 452 g/mol. The number of halogens is 1. The Bertz CT molecular complexity index is 1480. The molecule has 0 radical (unpaired) electrons. The van der Waals surface area contributed by atoms with Gasteiger partial charge in [0.15, 0.2) is 17.8 Å². The molecule has 0 aliphatic rings. The van der Waals surface area contributed by atoms with Gasteiger partial charge in [-0.1, -0.05) is 48.9 Å². The Hall–Kier alpha value is -4.01. The number of aldehydes is 1. The molecule has 9 heteroatoms. The van der Waals surface area contributed by atoms with E-state index in [-0.39, 0.29) is 11.4 Å². The molecule has 5 aromatic rings. The molecule has 3 heterocycles. The van der Waals surface area contributed by atoms with Gasteiger partial charge in [0, 0.05) is 23.8 Å². The summed E-state index contributed by atoms with van der Waals surface area (Å²) in [6.45, 7) is 2.05. The van der Waals surface area contributed by atoms with Crippen LogP contribution in [0.15, 0.2) is 77.9 Å². The van der Waals surface area contributed by atoms with E-state index >= 15 is 0 Å². The Morgan fingerprint density at radius 1 is 1.06 bits per heavy atom. The van der Waals surface area contributed by atoms with Crippen molar-refractivity contribution in [1.82, 2.24) is 19.2 Å². The van der Waals surface area contributed by atoms with Crippen molar-refractivity contribution in [2.24, 2.45) is 5.73 Å². The molecule has 2 aromatic carbocycles. The van der Waals surface area contributed by atoms with E-state index in [2.05, 4.69) is 15.8 Å². The van der Waals surface area contributed by atoms with Crippen molar-refractivity contribution in [3.05, 3.63) is 99.7 Å². The predicted molar refractivity (Wildman–Crippen MR) is 137 cm³/mol. The number of benzene rings is 2. The first-order chi connectivity index (χ1) is 16.5. The van der Waals surface area contributed by atoms with E-state index in [1.54, 1.807) is 29.1 Å². The number of hydrogen-bond acceptors (Lipinski definition) is 6. The van der Waals surface area contributed by atoms with Gasteiger partial charge in [0.05, 0.1) is 10.4 Å². The fourth-order valence-electron chi connectivity index (χ4n) is 3.53. The fourth-order valence-corrected chi connectivity index (χ4v) is 3.79. The summed E-state index contributed by atoms with van der Waals surface area (Å²) in [6, 6.07) is 19.0. The highest BCUT2D eigenvalue weighted by molar-refractivity contribution is 6.35. The van der Waals surface area contributed by atoms with Crippen molar-refractivity contribution < 1.29 is 4.79 Å². The van der Waals surface area contributed by atoms with Gasteiger partial charge in [-0.15, -0.1) is 5.10 Å². The van der Waals surface area contributed by atoms with E-state index in [1.165, 1.54) is 11.6 Å². The van der Waals surface area contributed by atoms with E-state index in [0.717, 1.165) is 23.2 Å². The van der Waals surface area contributed by atoms with Crippen LogP contribution in [0.3, 0.4) is 0 Å².